The van der Waals surface area contributed by atoms with Crippen LogP contribution in [0.2, 0.25) is 0 Å². The van der Waals surface area contributed by atoms with Gasteiger partial charge in [-0.1, -0.05) is 43.3 Å². The van der Waals surface area contributed by atoms with E-state index < -0.39 is 118 Å². The molecule has 6 N–H and O–H groups in total. The number of hydrogen-bond donors (Lipinski definition) is 6. The first-order chi connectivity index (χ1) is 31.2. The van der Waals surface area contributed by atoms with Gasteiger partial charge in [-0.05, 0) is 93.4 Å². The van der Waals surface area contributed by atoms with Crippen molar-refractivity contribution in [2.24, 2.45) is 22.7 Å². The van der Waals surface area contributed by atoms with Gasteiger partial charge in [0.2, 0.25) is 17.7 Å². The third-order valence-electron chi connectivity index (χ3n) is 14.9. The van der Waals surface area contributed by atoms with Gasteiger partial charge in [-0.3, -0.25) is 38.5 Å². The minimum Gasteiger partial charge on any atom is -0.506 e. The van der Waals surface area contributed by atoms with Gasteiger partial charge in [0.25, 0.3) is 11.8 Å². The third-order valence-corrected chi connectivity index (χ3v) is 14.9. The number of ketones is 2. The summed E-state index contributed by atoms with van der Waals surface area (Å²) in [5.41, 5.74) is -4.96. The second-order valence-corrected chi connectivity index (χ2v) is 18.7. The van der Waals surface area contributed by atoms with E-state index in [4.69, 9.17) is 9.47 Å². The molecule has 16 nitrogen and oxygen atoms in total. The van der Waals surface area contributed by atoms with Crippen LogP contribution in [0, 0.1) is 22.7 Å². The number of phenolic OH excluding ortho intramolecular Hbond substituents is 1. The molecule has 1 saturated heterocycles. The maximum absolute atomic E-state index is 17.7. The Morgan fingerprint density at radius 3 is 2.26 bits per heavy atom. The van der Waals surface area contributed by atoms with Gasteiger partial charge < -0.3 is 40.7 Å². The van der Waals surface area contributed by atoms with Gasteiger partial charge in [-0.25, -0.2) is 8.78 Å². The molecule has 3 saturated carbocycles. The summed E-state index contributed by atoms with van der Waals surface area (Å²) >= 11 is 0. The summed E-state index contributed by atoms with van der Waals surface area (Å²) in [4.78, 5) is 88.8. The highest BCUT2D eigenvalue weighted by Crippen LogP contribution is 2.72. The number of ether oxygens (including phenoxy) is 2. The van der Waals surface area contributed by atoms with E-state index >= 15 is 8.78 Å². The van der Waals surface area contributed by atoms with Crippen LogP contribution in [0.25, 0.3) is 0 Å². The number of allylic oxidation sites excluding steroid dienone is 4. The summed E-state index contributed by atoms with van der Waals surface area (Å²) in [5.74, 6) is -6.13. The molecule has 0 aromatic heterocycles. The molecular formula is C48H52F2N4O12. The van der Waals surface area contributed by atoms with Crippen molar-refractivity contribution in [1.82, 2.24) is 15.5 Å². The van der Waals surface area contributed by atoms with Crippen molar-refractivity contribution in [3.8, 4) is 5.75 Å². The zero-order valence-electron chi connectivity index (χ0n) is 36.7. The van der Waals surface area contributed by atoms with Crippen molar-refractivity contribution in [1.29, 1.82) is 0 Å². The Morgan fingerprint density at radius 1 is 0.909 bits per heavy atom. The predicted molar refractivity (Wildman–Crippen MR) is 229 cm³/mol. The van der Waals surface area contributed by atoms with Crippen LogP contribution in [0.4, 0.5) is 14.5 Å². The Bertz CT molecular complexity index is 2480. The number of benzene rings is 2. The monoisotopic (exact) mass is 914 g/mol. The summed E-state index contributed by atoms with van der Waals surface area (Å²) in [7, 11) is 0. The normalized spacial score (nSPS) is 33.8. The summed E-state index contributed by atoms with van der Waals surface area (Å²) < 4.78 is 46.8. The Balaban J connectivity index is 0.900. The van der Waals surface area contributed by atoms with Gasteiger partial charge in [0, 0.05) is 47.4 Å². The number of Topliss-reactive ketones (excluding diaryl/α,β-unsaturated/α-hetero) is 1. The number of carbonyl (C=O) groups is 7. The number of aliphatic hydroxyl groups excluding tert-OH is 2. The molecule has 2 aliphatic heterocycles. The maximum Gasteiger partial charge on any atom is 0.253 e. The fraction of sp³-hybridized carbons (Fsp3) is 0.479. The second-order valence-electron chi connectivity index (χ2n) is 18.7. The van der Waals surface area contributed by atoms with E-state index in [1.165, 1.54) is 39.0 Å². The summed E-state index contributed by atoms with van der Waals surface area (Å²) in [6.07, 6.45) is 0.111. The fourth-order valence-corrected chi connectivity index (χ4v) is 11.4. The smallest absolute Gasteiger partial charge is 0.253 e. The number of phenols is 1. The quantitative estimate of drug-likeness (QED) is 0.126. The Hall–Kier alpha value is -5.95. The van der Waals surface area contributed by atoms with Crippen LogP contribution in [0.5, 0.6) is 5.75 Å². The molecule has 66 heavy (non-hydrogen) atoms. The number of alkyl halides is 2. The Labute approximate surface area is 378 Å². The molecule has 4 fully saturated rings. The van der Waals surface area contributed by atoms with Crippen molar-refractivity contribution in [2.45, 2.75) is 108 Å². The standard InChI is InChI=1S/C48H52F2N4O12/c1-24(51-39(60)14-16-54-40(61)11-12-41(54)62)42(63)52-25(2)43(64)53-34-18-27(7-10-35(34)57)17-26-5-8-28(9-6-26)44-65-38-21-30-31-20-33(49)32-19-29(56)13-15-45(32,3)47(31,50)36(58)22-46(30,4)48(38,66-44)37(59)23-55/h5-13,15,18-19,24-25,30-31,33,36,38,44,55,57-58H,14,16-17,20-23H2,1-4H3,(H,51,60)(H,52,63)(H,53,64)/t24-,25-,30?,31-,33-,36-,38+,44+,45-,46-,47-,48+/m0/s1. The van der Waals surface area contributed by atoms with E-state index in [0.717, 1.165) is 28.7 Å². The molecule has 350 valence electrons. The fourth-order valence-electron chi connectivity index (χ4n) is 11.4. The summed E-state index contributed by atoms with van der Waals surface area (Å²) in [6.45, 7) is 4.97. The Kier molecular flexibility index (Phi) is 12.0. The van der Waals surface area contributed by atoms with Gasteiger partial charge in [0.1, 0.15) is 30.6 Å². The molecule has 0 bridgehead atoms. The van der Waals surface area contributed by atoms with Crippen LogP contribution in [0.15, 0.2) is 78.4 Å². The van der Waals surface area contributed by atoms with Gasteiger partial charge in [0.05, 0.1) is 17.9 Å². The number of aromatic hydroxyl groups is 1. The second kappa shape index (κ2) is 17.0. The van der Waals surface area contributed by atoms with E-state index in [0.29, 0.717) is 17.5 Å². The lowest BCUT2D eigenvalue weighted by molar-refractivity contribution is -0.235. The van der Waals surface area contributed by atoms with E-state index in [2.05, 4.69) is 16.0 Å². The molecule has 2 aromatic rings. The molecule has 6 aliphatic rings. The van der Waals surface area contributed by atoms with Gasteiger partial charge >= 0.3 is 0 Å². The van der Waals surface area contributed by atoms with Crippen LogP contribution in [0.3, 0.4) is 0 Å². The minimum absolute atomic E-state index is 0.0141. The molecule has 2 aromatic carbocycles. The zero-order chi connectivity index (χ0) is 47.7. The summed E-state index contributed by atoms with van der Waals surface area (Å²) in [5, 5.41) is 40.3. The van der Waals surface area contributed by atoms with Crippen LogP contribution in [0.1, 0.15) is 76.4 Å². The van der Waals surface area contributed by atoms with Crippen LogP contribution in [-0.4, -0.2) is 116 Å². The topological polar surface area (TPSA) is 238 Å². The number of fused-ring (bicyclic) bond motifs is 7. The number of carbonyl (C=O) groups excluding carboxylic acids is 7. The molecule has 12 atom stereocenters. The lowest BCUT2D eigenvalue weighted by atomic mass is 9.44. The lowest BCUT2D eigenvalue weighted by Gasteiger charge is -2.63. The van der Waals surface area contributed by atoms with Gasteiger partial charge in [-0.2, -0.15) is 0 Å². The molecular weight excluding hydrogens is 863 g/mol. The van der Waals surface area contributed by atoms with Crippen LogP contribution < -0.4 is 16.0 Å². The highest BCUT2D eigenvalue weighted by molar-refractivity contribution is 6.13. The number of hydrogen-bond acceptors (Lipinski definition) is 12. The highest BCUT2D eigenvalue weighted by atomic mass is 19.1. The number of rotatable bonds is 13. The van der Waals surface area contributed by atoms with E-state index in [9.17, 15) is 48.9 Å². The number of aliphatic hydroxyl groups is 2. The number of halogens is 2. The first kappa shape index (κ1) is 46.6. The van der Waals surface area contributed by atoms with Crippen molar-refractivity contribution in [2.75, 3.05) is 18.5 Å². The largest absolute Gasteiger partial charge is 0.506 e. The Morgan fingerprint density at radius 2 is 1.58 bits per heavy atom. The lowest BCUT2D eigenvalue weighted by Crippen LogP contribution is -2.70. The maximum atomic E-state index is 17.7. The molecule has 18 heteroatoms. The van der Waals surface area contributed by atoms with Crippen molar-refractivity contribution < 1.29 is 67.1 Å². The number of amides is 5. The molecule has 0 radical (unpaired) electrons. The van der Waals surface area contributed by atoms with Crippen molar-refractivity contribution in [3.63, 3.8) is 0 Å². The van der Waals surface area contributed by atoms with Crippen LogP contribution in [-0.2, 0) is 49.5 Å². The average molecular weight is 915 g/mol. The summed E-state index contributed by atoms with van der Waals surface area (Å²) in [6, 6.07) is 9.56. The minimum atomic E-state index is -2.37. The third kappa shape index (κ3) is 7.47. The van der Waals surface area contributed by atoms with Gasteiger partial charge in [-0.15, -0.1) is 0 Å². The molecule has 4 aliphatic carbocycles. The predicted octanol–water partition coefficient (Wildman–Crippen LogP) is 2.89. The van der Waals surface area contributed by atoms with E-state index in [1.54, 1.807) is 43.3 Å². The molecule has 5 amide bonds. The first-order valence-electron chi connectivity index (χ1n) is 22.0. The number of nitrogens with one attached hydrogen (secondary N) is 3. The van der Waals surface area contributed by atoms with Gasteiger partial charge in [0.15, 0.2) is 29.1 Å². The highest BCUT2D eigenvalue weighted by Gasteiger charge is 2.80. The SMILES string of the molecule is C[C@H](NC(=O)CCN1C(=O)C=CC1=O)C(=O)N[C@@H](C)C(=O)Nc1cc(Cc2ccc([C@@H]3O[C@@H]4CC5[C@@H]6C[C@H](F)C7=CC(=O)C=C[C@]7(C)[C@@]6(F)[C@@H](O)C[C@]5(C)[C@]4(C(=O)CO)O3)cc2)ccc1O. The molecule has 1 unspecified atom stereocenters. The number of imide groups is 1. The van der Waals surface area contributed by atoms with Crippen molar-refractivity contribution >= 4 is 46.8 Å². The number of anilines is 1. The molecule has 8 rings (SSSR count). The first-order valence-corrected chi connectivity index (χ1v) is 22.0. The molecule has 0 spiro atoms. The van der Waals surface area contributed by atoms with E-state index in [-0.39, 0.29) is 49.2 Å². The molecule has 2 heterocycles. The average Bonchev–Trinajstić information content (AvgIpc) is 3.90. The van der Waals surface area contributed by atoms with Crippen molar-refractivity contribution in [3.05, 3.63) is 95.1 Å². The number of nitrogens with zero attached hydrogens (tertiary/aromatic N) is 1. The van der Waals surface area contributed by atoms with Crippen LogP contribution >= 0.6 is 0 Å². The van der Waals surface area contributed by atoms with E-state index in [1.807, 2.05) is 0 Å². The zero-order valence-corrected chi connectivity index (χ0v) is 36.7.